The fraction of sp³-hybridized carbons (Fsp3) is 0.357. The maximum Gasteiger partial charge on any atom is 0.362 e. The van der Waals surface area contributed by atoms with Crippen LogP contribution in [0, 0.1) is 7.14 Å². The second-order valence-corrected chi connectivity index (χ2v) is 8.21. The molecule has 0 unspecified atom stereocenters. The lowest BCUT2D eigenvalue weighted by Gasteiger charge is -2.31. The number of nitrogens with one attached hydrogen (secondary N) is 1. The van der Waals surface area contributed by atoms with Crippen LogP contribution in [0.5, 0.6) is 0 Å². The van der Waals surface area contributed by atoms with E-state index in [-0.39, 0.29) is 0 Å². The van der Waals surface area contributed by atoms with Gasteiger partial charge in [0.1, 0.15) is 0 Å². The third-order valence-corrected chi connectivity index (χ3v) is 4.90. The number of hydrogen-bond acceptors (Lipinski definition) is 1. The van der Waals surface area contributed by atoms with Crippen molar-refractivity contribution in [2.75, 3.05) is 21.1 Å². The smallest absolute Gasteiger partial charge is 0.362 e. The van der Waals surface area contributed by atoms with Crippen LogP contribution in [0.1, 0.15) is 5.56 Å². The van der Waals surface area contributed by atoms with Crippen molar-refractivity contribution in [1.82, 2.24) is 4.98 Å². The summed E-state index contributed by atoms with van der Waals surface area (Å²) in [6, 6.07) is 3.76. The number of quaternary nitrogens is 1. The van der Waals surface area contributed by atoms with Gasteiger partial charge in [-0.1, -0.05) is 0 Å². The minimum absolute atomic E-state index is 0.406. The Morgan fingerprint density at radius 3 is 2.55 bits per heavy atom. The molecule has 1 heterocycles. The van der Waals surface area contributed by atoms with E-state index < -0.39 is 12.0 Å². The SMILES string of the molecule is C[N+](C)(C)[C@@H](Cc1c[nH]c2c(I)cc(I)cc12)C(=O)O. The Morgan fingerprint density at radius 2 is 2.00 bits per heavy atom. The Bertz CT molecular complexity index is 659. The topological polar surface area (TPSA) is 53.1 Å². The number of hydrogen-bond donors (Lipinski definition) is 2. The standard InChI is InChI=1S/C14H16I2N2O2/c1-18(2,3)12(14(19)20)4-8-7-17-13-10(8)5-9(15)6-11(13)16/h5-7,12,17H,4H2,1-3H3/p+1/t12-/m0/s1. The molecule has 1 atom stereocenters. The van der Waals surface area contributed by atoms with Gasteiger partial charge in [0.05, 0.1) is 26.7 Å². The van der Waals surface area contributed by atoms with Gasteiger partial charge in [-0.05, 0) is 62.9 Å². The van der Waals surface area contributed by atoms with Crippen LogP contribution in [0.25, 0.3) is 10.9 Å². The van der Waals surface area contributed by atoms with Gasteiger partial charge in [-0.3, -0.25) is 0 Å². The first-order valence-electron chi connectivity index (χ1n) is 6.19. The minimum atomic E-state index is -0.757. The monoisotopic (exact) mass is 499 g/mol. The normalized spacial score (nSPS) is 13.7. The third kappa shape index (κ3) is 3.28. The fourth-order valence-electron chi connectivity index (χ4n) is 2.28. The van der Waals surface area contributed by atoms with Crippen molar-refractivity contribution in [2.24, 2.45) is 0 Å². The van der Waals surface area contributed by atoms with E-state index in [9.17, 15) is 9.90 Å². The molecule has 0 aliphatic rings. The summed E-state index contributed by atoms with van der Waals surface area (Å²) in [4.78, 5) is 14.8. The number of H-pyrrole nitrogens is 1. The van der Waals surface area contributed by atoms with E-state index >= 15 is 0 Å². The molecule has 6 heteroatoms. The number of carboxylic acids is 1. The zero-order chi connectivity index (χ0) is 15.1. The highest BCUT2D eigenvalue weighted by Gasteiger charge is 2.32. The lowest BCUT2D eigenvalue weighted by molar-refractivity contribution is -0.887. The Morgan fingerprint density at radius 1 is 1.35 bits per heavy atom. The lowest BCUT2D eigenvalue weighted by Crippen LogP contribution is -2.51. The summed E-state index contributed by atoms with van der Waals surface area (Å²) in [7, 11) is 5.75. The Balaban J connectivity index is 2.46. The van der Waals surface area contributed by atoms with Gasteiger partial charge in [0.2, 0.25) is 0 Å². The first-order chi connectivity index (χ1) is 9.20. The molecule has 1 aromatic heterocycles. The molecular weight excluding hydrogens is 482 g/mol. The quantitative estimate of drug-likeness (QED) is 0.503. The molecule has 0 saturated carbocycles. The van der Waals surface area contributed by atoms with Gasteiger partial charge in [0.15, 0.2) is 6.04 Å². The van der Waals surface area contributed by atoms with Gasteiger partial charge < -0.3 is 14.6 Å². The highest BCUT2D eigenvalue weighted by atomic mass is 127. The summed E-state index contributed by atoms with van der Waals surface area (Å²) in [6.07, 6.45) is 2.46. The average molecular weight is 499 g/mol. The van der Waals surface area contributed by atoms with E-state index in [0.717, 1.165) is 23.6 Å². The highest BCUT2D eigenvalue weighted by Crippen LogP contribution is 2.27. The summed E-state index contributed by atoms with van der Waals surface area (Å²) in [5.74, 6) is -0.757. The molecule has 0 bridgehead atoms. The highest BCUT2D eigenvalue weighted by molar-refractivity contribution is 14.1. The molecule has 2 N–H and O–H groups in total. The Kier molecular flexibility index (Phi) is 4.65. The summed E-state index contributed by atoms with van der Waals surface area (Å²) in [6.45, 7) is 0. The molecular formula is C14H17I2N2O2+. The first kappa shape index (κ1) is 16.0. The van der Waals surface area contributed by atoms with Crippen molar-refractivity contribution in [1.29, 1.82) is 0 Å². The van der Waals surface area contributed by atoms with Crippen LogP contribution in [0.15, 0.2) is 18.3 Å². The first-order valence-corrected chi connectivity index (χ1v) is 8.35. The zero-order valence-corrected chi connectivity index (χ0v) is 15.9. The zero-order valence-electron chi connectivity index (χ0n) is 11.6. The molecule has 20 heavy (non-hydrogen) atoms. The van der Waals surface area contributed by atoms with Gasteiger partial charge in [0, 0.05) is 25.1 Å². The number of aromatic nitrogens is 1. The van der Waals surface area contributed by atoms with Crippen LogP contribution < -0.4 is 0 Å². The molecule has 0 saturated heterocycles. The van der Waals surface area contributed by atoms with E-state index in [2.05, 4.69) is 62.3 Å². The van der Waals surface area contributed by atoms with Crippen molar-refractivity contribution in [3.63, 3.8) is 0 Å². The Hall–Kier alpha value is -0.350. The second kappa shape index (κ2) is 5.80. The minimum Gasteiger partial charge on any atom is -0.477 e. The van der Waals surface area contributed by atoms with Crippen molar-refractivity contribution in [3.05, 3.63) is 31.0 Å². The van der Waals surface area contributed by atoms with Gasteiger partial charge in [0.25, 0.3) is 0 Å². The summed E-state index contributed by atoms with van der Waals surface area (Å²) in [5, 5.41) is 10.6. The van der Waals surface area contributed by atoms with Crippen LogP contribution in [0.2, 0.25) is 0 Å². The predicted octanol–water partition coefficient (Wildman–Crippen LogP) is 3.08. The summed E-state index contributed by atoms with van der Waals surface area (Å²) >= 11 is 4.60. The van der Waals surface area contributed by atoms with Crippen LogP contribution in [0.3, 0.4) is 0 Å². The number of rotatable bonds is 4. The molecule has 2 rings (SSSR count). The molecule has 0 radical (unpaired) electrons. The van der Waals surface area contributed by atoms with Crippen molar-refractivity contribution < 1.29 is 14.4 Å². The summed E-state index contributed by atoms with van der Waals surface area (Å²) < 4.78 is 2.73. The van der Waals surface area contributed by atoms with Gasteiger partial charge >= 0.3 is 5.97 Å². The third-order valence-electron chi connectivity index (χ3n) is 3.43. The molecule has 0 aliphatic heterocycles. The van der Waals surface area contributed by atoms with Crippen LogP contribution >= 0.6 is 45.2 Å². The molecule has 0 spiro atoms. The molecule has 108 valence electrons. The average Bonchev–Trinajstić information content (AvgIpc) is 2.67. The number of fused-ring (bicyclic) bond motifs is 1. The molecule has 1 aromatic carbocycles. The van der Waals surface area contributed by atoms with Gasteiger partial charge in [-0.15, -0.1) is 0 Å². The summed E-state index contributed by atoms with van der Waals surface area (Å²) in [5.41, 5.74) is 2.16. The van der Waals surface area contributed by atoms with Crippen molar-refractivity contribution in [3.8, 4) is 0 Å². The molecule has 0 fully saturated rings. The molecule has 0 amide bonds. The maximum atomic E-state index is 11.5. The lowest BCUT2D eigenvalue weighted by atomic mass is 10.0. The molecule has 0 aliphatic carbocycles. The van der Waals surface area contributed by atoms with Crippen LogP contribution in [-0.4, -0.2) is 47.7 Å². The fourth-order valence-corrected chi connectivity index (χ4v) is 4.28. The largest absolute Gasteiger partial charge is 0.477 e. The number of aliphatic carboxylic acids is 1. The molecule has 4 nitrogen and oxygen atoms in total. The van der Waals surface area contributed by atoms with Crippen LogP contribution in [-0.2, 0) is 11.2 Å². The Labute approximate surface area is 145 Å². The van der Waals surface area contributed by atoms with Crippen LogP contribution in [0.4, 0.5) is 0 Å². The van der Waals surface area contributed by atoms with E-state index in [0.29, 0.717) is 10.9 Å². The number of carbonyl (C=O) groups is 1. The predicted molar refractivity (Wildman–Crippen MR) is 96.9 cm³/mol. The number of likely N-dealkylation sites (N-methyl/N-ethyl adjacent to an activating group) is 1. The van der Waals surface area contributed by atoms with E-state index in [1.54, 1.807) is 0 Å². The number of halogens is 2. The maximum absolute atomic E-state index is 11.5. The van der Waals surface area contributed by atoms with Crippen molar-refractivity contribution >= 4 is 62.1 Å². The van der Waals surface area contributed by atoms with Gasteiger partial charge in [-0.2, -0.15) is 0 Å². The van der Waals surface area contributed by atoms with E-state index in [1.807, 2.05) is 27.3 Å². The molecule has 2 aromatic rings. The number of nitrogens with zero attached hydrogens (tertiary/aromatic N) is 1. The van der Waals surface area contributed by atoms with E-state index in [1.165, 1.54) is 0 Å². The number of benzene rings is 1. The second-order valence-electron chi connectivity index (χ2n) is 5.80. The number of aromatic amines is 1. The van der Waals surface area contributed by atoms with Crippen molar-refractivity contribution in [2.45, 2.75) is 12.5 Å². The van der Waals surface area contributed by atoms with Gasteiger partial charge in [-0.25, -0.2) is 4.79 Å². The van der Waals surface area contributed by atoms with E-state index in [4.69, 9.17) is 0 Å². The number of carboxylic acid groups (broad SMARTS) is 1.